The van der Waals surface area contributed by atoms with E-state index in [0.717, 1.165) is 0 Å². The summed E-state index contributed by atoms with van der Waals surface area (Å²) in [5, 5.41) is 16.3. The lowest BCUT2D eigenvalue weighted by atomic mass is 10.1. The van der Waals surface area contributed by atoms with Gasteiger partial charge < -0.3 is 13.6 Å². The Labute approximate surface area is 124 Å². The van der Waals surface area contributed by atoms with Gasteiger partial charge in [0.15, 0.2) is 12.4 Å². The molecule has 7 heteroatoms. The number of esters is 1. The number of carbonyl (C=O) groups is 1. The third-order valence-electron chi connectivity index (χ3n) is 2.78. The predicted molar refractivity (Wildman–Crippen MR) is 72.3 cm³/mol. The predicted octanol–water partition coefficient (Wildman–Crippen LogP) is 2.56. The first-order chi connectivity index (χ1) is 10.8. The number of carbonyl (C=O) groups excluding carboxylic acids is 1. The Morgan fingerprint density at radius 1 is 1.23 bits per heavy atom. The first-order valence-corrected chi connectivity index (χ1v) is 6.30. The van der Waals surface area contributed by atoms with Gasteiger partial charge in [0.05, 0.1) is 23.5 Å². The number of hydrogen-bond donors (Lipinski definition) is 0. The first-order valence-electron chi connectivity index (χ1n) is 6.30. The Balaban J connectivity index is 1.62. The van der Waals surface area contributed by atoms with Crippen molar-refractivity contribution >= 4 is 5.97 Å². The Hall–Kier alpha value is -3.40. The van der Waals surface area contributed by atoms with Crippen molar-refractivity contribution in [2.24, 2.45) is 0 Å². The van der Waals surface area contributed by atoms with E-state index in [4.69, 9.17) is 18.8 Å². The van der Waals surface area contributed by atoms with Crippen molar-refractivity contribution in [3.05, 3.63) is 59.7 Å². The van der Waals surface area contributed by atoms with E-state index in [0.29, 0.717) is 16.9 Å². The third kappa shape index (κ3) is 2.86. The second kappa shape index (κ2) is 5.93. The molecule has 0 radical (unpaired) electrons. The van der Waals surface area contributed by atoms with E-state index in [1.807, 2.05) is 6.07 Å². The fraction of sp³-hybridized carbons (Fsp3) is 0.0667. The highest BCUT2D eigenvalue weighted by molar-refractivity contribution is 5.89. The number of hydrogen-bond acceptors (Lipinski definition) is 7. The summed E-state index contributed by atoms with van der Waals surface area (Å²) in [6.45, 7) is -0.146. The van der Waals surface area contributed by atoms with Gasteiger partial charge in [0.25, 0.3) is 11.8 Å². The minimum Gasteiger partial charge on any atom is -0.459 e. The van der Waals surface area contributed by atoms with Crippen LogP contribution in [-0.2, 0) is 11.3 Å². The smallest absolute Gasteiger partial charge is 0.338 e. The van der Waals surface area contributed by atoms with Crippen molar-refractivity contribution in [3.63, 3.8) is 0 Å². The van der Waals surface area contributed by atoms with Gasteiger partial charge in [-0.15, -0.1) is 10.2 Å². The van der Waals surface area contributed by atoms with E-state index in [2.05, 4.69) is 10.2 Å². The summed E-state index contributed by atoms with van der Waals surface area (Å²) in [6, 6.07) is 11.5. The van der Waals surface area contributed by atoms with Crippen molar-refractivity contribution < 1.29 is 18.4 Å². The van der Waals surface area contributed by atoms with E-state index in [1.54, 1.807) is 12.1 Å². The Bertz CT molecular complexity index is 813. The van der Waals surface area contributed by atoms with Gasteiger partial charge in [-0.05, 0) is 36.4 Å². The normalized spacial score (nSPS) is 10.1. The Kier molecular flexibility index (Phi) is 3.66. The molecule has 0 unspecified atom stereocenters. The van der Waals surface area contributed by atoms with Gasteiger partial charge in [-0.2, -0.15) is 5.26 Å². The molecule has 108 valence electrons. The van der Waals surface area contributed by atoms with Crippen LogP contribution >= 0.6 is 0 Å². The quantitative estimate of drug-likeness (QED) is 0.681. The van der Waals surface area contributed by atoms with Crippen molar-refractivity contribution in [2.75, 3.05) is 0 Å². The molecular formula is C15H9N3O4. The maximum Gasteiger partial charge on any atom is 0.338 e. The molecule has 0 aliphatic rings. The van der Waals surface area contributed by atoms with Crippen LogP contribution in [0.3, 0.4) is 0 Å². The van der Waals surface area contributed by atoms with Gasteiger partial charge >= 0.3 is 5.97 Å². The molecule has 0 N–H and O–H groups in total. The highest BCUT2D eigenvalue weighted by Gasteiger charge is 2.13. The second-order valence-electron chi connectivity index (χ2n) is 4.24. The molecule has 0 saturated heterocycles. The van der Waals surface area contributed by atoms with Gasteiger partial charge in [0.2, 0.25) is 0 Å². The zero-order valence-electron chi connectivity index (χ0n) is 11.2. The van der Waals surface area contributed by atoms with E-state index < -0.39 is 5.97 Å². The highest BCUT2D eigenvalue weighted by Crippen LogP contribution is 2.18. The van der Waals surface area contributed by atoms with Crippen LogP contribution in [0.15, 0.2) is 51.5 Å². The summed E-state index contributed by atoms with van der Waals surface area (Å²) in [4.78, 5) is 11.8. The van der Waals surface area contributed by atoms with Crippen LogP contribution in [0.25, 0.3) is 11.7 Å². The fourth-order valence-corrected chi connectivity index (χ4v) is 1.70. The zero-order valence-corrected chi connectivity index (χ0v) is 11.2. The topological polar surface area (TPSA) is 102 Å². The third-order valence-corrected chi connectivity index (χ3v) is 2.78. The molecule has 1 aromatic carbocycles. The van der Waals surface area contributed by atoms with Crippen LogP contribution in [0, 0.1) is 11.3 Å². The average molecular weight is 295 g/mol. The van der Waals surface area contributed by atoms with Crippen molar-refractivity contribution in [3.8, 4) is 17.7 Å². The molecule has 2 aromatic heterocycles. The lowest BCUT2D eigenvalue weighted by Crippen LogP contribution is -2.05. The first kappa shape index (κ1) is 13.6. The SMILES string of the molecule is N#Cc1ccc(C(=O)OCc2nnc(-c3ccco3)o2)cc1. The molecule has 0 amide bonds. The highest BCUT2D eigenvalue weighted by atomic mass is 16.5. The van der Waals surface area contributed by atoms with Gasteiger partial charge in [0, 0.05) is 0 Å². The number of rotatable bonds is 4. The van der Waals surface area contributed by atoms with Crippen LogP contribution in [0.5, 0.6) is 0 Å². The summed E-state index contributed by atoms with van der Waals surface area (Å²) in [5.74, 6) is 0.280. The average Bonchev–Trinajstić information content (AvgIpc) is 3.23. The summed E-state index contributed by atoms with van der Waals surface area (Å²) >= 11 is 0. The minimum atomic E-state index is -0.540. The number of benzene rings is 1. The molecule has 0 spiro atoms. The van der Waals surface area contributed by atoms with Gasteiger partial charge in [-0.1, -0.05) is 0 Å². The Morgan fingerprint density at radius 3 is 2.73 bits per heavy atom. The van der Waals surface area contributed by atoms with E-state index in [1.165, 1.54) is 30.5 Å². The number of nitriles is 1. The summed E-state index contributed by atoms with van der Waals surface area (Å²) in [7, 11) is 0. The maximum absolute atomic E-state index is 11.8. The zero-order chi connectivity index (χ0) is 15.4. The van der Waals surface area contributed by atoms with Crippen molar-refractivity contribution in [2.45, 2.75) is 6.61 Å². The lowest BCUT2D eigenvalue weighted by molar-refractivity contribution is 0.0438. The molecule has 7 nitrogen and oxygen atoms in total. The van der Waals surface area contributed by atoms with Crippen molar-refractivity contribution in [1.29, 1.82) is 5.26 Å². The molecule has 0 aliphatic carbocycles. The van der Waals surface area contributed by atoms with Crippen LogP contribution in [-0.4, -0.2) is 16.2 Å². The largest absolute Gasteiger partial charge is 0.459 e. The molecule has 0 fully saturated rings. The van der Waals surface area contributed by atoms with Gasteiger partial charge in [0.1, 0.15) is 0 Å². The standard InChI is InChI=1S/C15H9N3O4/c16-8-10-3-5-11(6-4-10)15(19)21-9-13-17-18-14(22-13)12-2-1-7-20-12/h1-7H,9H2. The monoisotopic (exact) mass is 295 g/mol. The fourth-order valence-electron chi connectivity index (χ4n) is 1.70. The van der Waals surface area contributed by atoms with Gasteiger partial charge in [-0.3, -0.25) is 0 Å². The second-order valence-corrected chi connectivity index (χ2v) is 4.24. The van der Waals surface area contributed by atoms with E-state index in [-0.39, 0.29) is 18.4 Å². The van der Waals surface area contributed by atoms with Crippen molar-refractivity contribution in [1.82, 2.24) is 10.2 Å². The van der Waals surface area contributed by atoms with E-state index >= 15 is 0 Å². The minimum absolute atomic E-state index is 0.146. The molecule has 22 heavy (non-hydrogen) atoms. The molecular weight excluding hydrogens is 286 g/mol. The molecule has 3 aromatic rings. The Morgan fingerprint density at radius 2 is 2.05 bits per heavy atom. The number of nitrogens with zero attached hydrogens (tertiary/aromatic N) is 3. The van der Waals surface area contributed by atoms with Crippen LogP contribution < -0.4 is 0 Å². The molecule has 0 bridgehead atoms. The van der Waals surface area contributed by atoms with Crippen LogP contribution in [0.1, 0.15) is 21.8 Å². The molecule has 0 atom stereocenters. The molecule has 2 heterocycles. The lowest BCUT2D eigenvalue weighted by Gasteiger charge is -2.01. The molecule has 0 saturated carbocycles. The number of furan rings is 1. The van der Waals surface area contributed by atoms with Crippen LogP contribution in [0.4, 0.5) is 0 Å². The summed E-state index contributed by atoms with van der Waals surface area (Å²) < 4.78 is 15.5. The summed E-state index contributed by atoms with van der Waals surface area (Å²) in [6.07, 6.45) is 1.49. The number of ether oxygens (including phenoxy) is 1. The van der Waals surface area contributed by atoms with Gasteiger partial charge in [-0.25, -0.2) is 4.79 Å². The molecule has 3 rings (SSSR count). The number of aromatic nitrogens is 2. The van der Waals surface area contributed by atoms with E-state index in [9.17, 15) is 4.79 Å². The summed E-state index contributed by atoms with van der Waals surface area (Å²) in [5.41, 5.74) is 0.807. The van der Waals surface area contributed by atoms with Crippen LogP contribution in [0.2, 0.25) is 0 Å². The molecule has 0 aliphatic heterocycles. The maximum atomic E-state index is 11.8.